The molecule has 1 aromatic heterocycles. The number of pyridine rings is 1. The van der Waals surface area contributed by atoms with Crippen LogP contribution < -0.4 is 16.0 Å². The molecule has 0 fully saturated rings. The number of anilines is 1. The molecular formula is C13H12Cl2N2O2. The van der Waals surface area contributed by atoms with Gasteiger partial charge in [0.15, 0.2) is 0 Å². The first kappa shape index (κ1) is 13.8. The first-order chi connectivity index (χ1) is 9.06. The molecule has 0 aliphatic rings. The smallest absolute Gasteiger partial charge is 0.250 e. The van der Waals surface area contributed by atoms with Crippen LogP contribution in [0.3, 0.4) is 0 Å². The maximum atomic E-state index is 11.5. The molecule has 2 aromatic rings. The van der Waals surface area contributed by atoms with E-state index < -0.39 is 0 Å². The lowest BCUT2D eigenvalue weighted by atomic mass is 10.3. The third-order valence-electron chi connectivity index (χ3n) is 2.49. The number of ether oxygens (including phenoxy) is 1. The molecule has 0 amide bonds. The Labute approximate surface area is 120 Å². The second kappa shape index (κ2) is 5.99. The Balaban J connectivity index is 2.02. The fraction of sp³-hybridized carbons (Fsp3) is 0.154. The van der Waals surface area contributed by atoms with E-state index in [2.05, 4.69) is 0 Å². The van der Waals surface area contributed by atoms with E-state index in [1.54, 1.807) is 30.5 Å². The van der Waals surface area contributed by atoms with Gasteiger partial charge in [-0.2, -0.15) is 0 Å². The number of aromatic nitrogens is 1. The predicted molar refractivity (Wildman–Crippen MR) is 77.1 cm³/mol. The summed E-state index contributed by atoms with van der Waals surface area (Å²) in [5.41, 5.74) is 6.01. The number of hydrogen-bond acceptors (Lipinski definition) is 3. The highest BCUT2D eigenvalue weighted by Gasteiger charge is 2.03. The van der Waals surface area contributed by atoms with Crippen LogP contribution in [0.25, 0.3) is 0 Å². The van der Waals surface area contributed by atoms with E-state index in [1.165, 1.54) is 10.6 Å². The minimum atomic E-state index is -0.130. The van der Waals surface area contributed by atoms with Crippen LogP contribution in [0.15, 0.2) is 41.3 Å². The van der Waals surface area contributed by atoms with Crippen molar-refractivity contribution in [3.05, 3.63) is 56.9 Å². The first-order valence-corrected chi connectivity index (χ1v) is 6.35. The Morgan fingerprint density at radius 1 is 1.21 bits per heavy atom. The molecule has 6 heteroatoms. The largest absolute Gasteiger partial charge is 0.490 e. The molecule has 0 aliphatic carbocycles. The van der Waals surface area contributed by atoms with Gasteiger partial charge in [0, 0.05) is 29.0 Å². The first-order valence-electron chi connectivity index (χ1n) is 5.60. The summed E-state index contributed by atoms with van der Waals surface area (Å²) in [6.45, 7) is 0.677. The molecule has 2 rings (SSSR count). The monoisotopic (exact) mass is 298 g/mol. The number of benzene rings is 1. The summed E-state index contributed by atoms with van der Waals surface area (Å²) < 4.78 is 6.98. The van der Waals surface area contributed by atoms with Crippen LogP contribution in [0.1, 0.15) is 0 Å². The molecule has 0 spiro atoms. The summed E-state index contributed by atoms with van der Waals surface area (Å²) in [6.07, 6.45) is 1.57. The molecule has 1 aromatic carbocycles. The summed E-state index contributed by atoms with van der Waals surface area (Å²) in [5, 5.41) is 1.02. The van der Waals surface area contributed by atoms with Gasteiger partial charge in [-0.15, -0.1) is 0 Å². The van der Waals surface area contributed by atoms with E-state index in [0.717, 1.165) is 0 Å². The van der Waals surface area contributed by atoms with E-state index in [9.17, 15) is 4.79 Å². The Hall–Kier alpha value is -1.65. The third kappa shape index (κ3) is 3.66. The van der Waals surface area contributed by atoms with Crippen molar-refractivity contribution in [1.82, 2.24) is 4.57 Å². The molecule has 100 valence electrons. The van der Waals surface area contributed by atoms with Crippen LogP contribution in [-0.4, -0.2) is 11.2 Å². The van der Waals surface area contributed by atoms with Gasteiger partial charge in [-0.1, -0.05) is 23.2 Å². The summed E-state index contributed by atoms with van der Waals surface area (Å²) in [5.74, 6) is 0.492. The van der Waals surface area contributed by atoms with Crippen molar-refractivity contribution in [2.45, 2.75) is 6.54 Å². The van der Waals surface area contributed by atoms with Crippen LogP contribution in [0.4, 0.5) is 5.69 Å². The van der Waals surface area contributed by atoms with E-state index in [4.69, 9.17) is 33.7 Å². The van der Waals surface area contributed by atoms with Crippen LogP contribution in [0, 0.1) is 0 Å². The maximum Gasteiger partial charge on any atom is 0.250 e. The van der Waals surface area contributed by atoms with Crippen LogP contribution >= 0.6 is 23.2 Å². The Morgan fingerprint density at radius 2 is 2.00 bits per heavy atom. The number of nitrogens with two attached hydrogens (primary N) is 1. The zero-order chi connectivity index (χ0) is 13.8. The minimum absolute atomic E-state index is 0.130. The Bertz CT molecular complexity index is 641. The molecular weight excluding hydrogens is 287 g/mol. The second-order valence-electron chi connectivity index (χ2n) is 3.92. The molecule has 0 atom stereocenters. The highest BCUT2D eigenvalue weighted by atomic mass is 35.5. The number of hydrogen-bond donors (Lipinski definition) is 1. The highest BCUT2D eigenvalue weighted by Crippen LogP contribution is 2.27. The van der Waals surface area contributed by atoms with Gasteiger partial charge < -0.3 is 15.0 Å². The third-order valence-corrected chi connectivity index (χ3v) is 3.04. The van der Waals surface area contributed by atoms with Crippen molar-refractivity contribution < 1.29 is 4.74 Å². The van der Waals surface area contributed by atoms with Crippen molar-refractivity contribution in [3.63, 3.8) is 0 Å². The molecule has 2 N–H and O–H groups in total. The van der Waals surface area contributed by atoms with Gasteiger partial charge in [-0.05, 0) is 18.2 Å². The van der Waals surface area contributed by atoms with Gasteiger partial charge in [-0.25, -0.2) is 0 Å². The Morgan fingerprint density at radius 3 is 2.79 bits per heavy atom. The fourth-order valence-electron chi connectivity index (χ4n) is 1.57. The summed E-state index contributed by atoms with van der Waals surface area (Å²) in [6, 6.07) is 7.95. The molecule has 0 radical (unpaired) electrons. The van der Waals surface area contributed by atoms with Gasteiger partial charge in [0.2, 0.25) is 0 Å². The normalized spacial score (nSPS) is 10.4. The van der Waals surface area contributed by atoms with E-state index >= 15 is 0 Å². The van der Waals surface area contributed by atoms with Crippen molar-refractivity contribution in [1.29, 1.82) is 0 Å². The average Bonchev–Trinajstić information content (AvgIpc) is 2.38. The summed E-state index contributed by atoms with van der Waals surface area (Å²) in [4.78, 5) is 11.5. The molecule has 0 saturated heterocycles. The van der Waals surface area contributed by atoms with E-state index in [1.807, 2.05) is 0 Å². The van der Waals surface area contributed by atoms with Crippen LogP contribution in [0.2, 0.25) is 10.0 Å². The van der Waals surface area contributed by atoms with Crippen LogP contribution in [-0.2, 0) is 6.54 Å². The topological polar surface area (TPSA) is 57.2 Å². The van der Waals surface area contributed by atoms with E-state index in [-0.39, 0.29) is 5.56 Å². The number of halogens is 2. The zero-order valence-corrected chi connectivity index (χ0v) is 11.5. The molecule has 0 saturated carbocycles. The molecule has 0 bridgehead atoms. The molecule has 0 unspecified atom stereocenters. The number of rotatable bonds is 4. The fourth-order valence-corrected chi connectivity index (χ4v) is 1.90. The predicted octanol–water partition coefficient (Wildman–Crippen LogP) is 2.82. The summed E-state index contributed by atoms with van der Waals surface area (Å²) in [7, 11) is 0. The minimum Gasteiger partial charge on any atom is -0.490 e. The summed E-state index contributed by atoms with van der Waals surface area (Å²) >= 11 is 11.8. The van der Waals surface area contributed by atoms with Crippen LogP contribution in [0.5, 0.6) is 5.75 Å². The number of nitrogen functional groups attached to an aromatic ring is 1. The van der Waals surface area contributed by atoms with Crippen molar-refractivity contribution in [3.8, 4) is 5.75 Å². The average molecular weight is 299 g/mol. The van der Waals surface area contributed by atoms with Crippen molar-refractivity contribution >= 4 is 28.9 Å². The lowest BCUT2D eigenvalue weighted by Gasteiger charge is -2.10. The molecule has 4 nitrogen and oxygen atoms in total. The second-order valence-corrected chi connectivity index (χ2v) is 4.76. The maximum absolute atomic E-state index is 11.5. The molecule has 1 heterocycles. The van der Waals surface area contributed by atoms with Gasteiger partial charge in [0.05, 0.1) is 11.6 Å². The Kier molecular flexibility index (Phi) is 4.35. The molecule has 0 aliphatic heterocycles. The van der Waals surface area contributed by atoms with E-state index in [0.29, 0.717) is 34.6 Å². The standard InChI is InChI=1S/C13H12Cl2N2O2/c14-9-1-3-11(15)12(7-9)19-6-5-17-8-10(16)2-4-13(17)18/h1-4,7-8H,5-6,16H2. The number of nitrogens with zero attached hydrogens (tertiary/aromatic N) is 1. The zero-order valence-electron chi connectivity index (χ0n) is 9.98. The van der Waals surface area contributed by atoms with Crippen molar-refractivity contribution in [2.75, 3.05) is 12.3 Å². The van der Waals surface area contributed by atoms with Gasteiger partial charge in [0.1, 0.15) is 12.4 Å². The quantitative estimate of drug-likeness (QED) is 0.944. The lowest BCUT2D eigenvalue weighted by molar-refractivity contribution is 0.296. The lowest BCUT2D eigenvalue weighted by Crippen LogP contribution is -2.22. The van der Waals surface area contributed by atoms with Gasteiger partial charge in [-0.3, -0.25) is 4.79 Å². The van der Waals surface area contributed by atoms with Gasteiger partial charge in [0.25, 0.3) is 5.56 Å². The molecule has 19 heavy (non-hydrogen) atoms. The van der Waals surface area contributed by atoms with Crippen molar-refractivity contribution in [2.24, 2.45) is 0 Å². The highest BCUT2D eigenvalue weighted by molar-refractivity contribution is 6.34. The SMILES string of the molecule is Nc1ccc(=O)n(CCOc2cc(Cl)ccc2Cl)c1. The van der Waals surface area contributed by atoms with Gasteiger partial charge >= 0.3 is 0 Å².